The van der Waals surface area contributed by atoms with E-state index in [4.69, 9.17) is 4.74 Å². The third-order valence-electron chi connectivity index (χ3n) is 5.18. The maximum Gasteiger partial charge on any atom is 0.335 e. The molecule has 3 aromatic rings. The number of aromatic nitrogens is 1. The molecule has 1 aliphatic rings. The summed E-state index contributed by atoms with van der Waals surface area (Å²) in [6, 6.07) is 14.9. The number of carbonyl (C=O) groups is 4. The van der Waals surface area contributed by atoms with Crippen LogP contribution < -0.4 is 15.5 Å². The van der Waals surface area contributed by atoms with Gasteiger partial charge in [-0.25, -0.2) is 9.69 Å². The number of hydrogen-bond donors (Lipinski definition) is 2. The molecule has 0 aliphatic carbocycles. The zero-order chi connectivity index (χ0) is 23.4. The van der Waals surface area contributed by atoms with E-state index >= 15 is 0 Å². The SMILES string of the molecule is COCCNC(=O)Cn1cc(/C=C2\C(=O)NC(=O)N(c3ccccc3)C2=O)c2ccccc21. The highest BCUT2D eigenvalue weighted by molar-refractivity contribution is 6.39. The van der Waals surface area contributed by atoms with Crippen molar-refractivity contribution in [3.8, 4) is 0 Å². The van der Waals surface area contributed by atoms with Crippen molar-refractivity contribution in [2.24, 2.45) is 0 Å². The minimum Gasteiger partial charge on any atom is -0.383 e. The minimum atomic E-state index is -0.802. The normalized spacial score (nSPS) is 15.2. The average molecular weight is 446 g/mol. The van der Waals surface area contributed by atoms with Gasteiger partial charge in [0.25, 0.3) is 11.8 Å². The van der Waals surface area contributed by atoms with Crippen LogP contribution in [0, 0.1) is 0 Å². The molecule has 9 heteroatoms. The van der Waals surface area contributed by atoms with Crippen LogP contribution in [0.25, 0.3) is 17.0 Å². The van der Waals surface area contributed by atoms with Crippen molar-refractivity contribution in [2.75, 3.05) is 25.2 Å². The molecule has 1 aliphatic heterocycles. The summed E-state index contributed by atoms with van der Waals surface area (Å²) >= 11 is 0. The summed E-state index contributed by atoms with van der Waals surface area (Å²) in [5.41, 5.74) is 1.53. The predicted molar refractivity (Wildman–Crippen MR) is 122 cm³/mol. The van der Waals surface area contributed by atoms with Gasteiger partial charge in [0.2, 0.25) is 5.91 Å². The third-order valence-corrected chi connectivity index (χ3v) is 5.18. The highest BCUT2D eigenvalue weighted by Gasteiger charge is 2.36. The van der Waals surface area contributed by atoms with Crippen molar-refractivity contribution in [3.05, 3.63) is 71.9 Å². The number of ether oxygens (including phenoxy) is 1. The second-order valence-electron chi connectivity index (χ2n) is 7.37. The van der Waals surface area contributed by atoms with E-state index in [-0.39, 0.29) is 18.0 Å². The molecular weight excluding hydrogens is 424 g/mol. The number of barbiturate groups is 1. The van der Waals surface area contributed by atoms with Crippen LogP contribution in [0.5, 0.6) is 0 Å². The lowest BCUT2D eigenvalue weighted by atomic mass is 10.1. The standard InChI is InChI=1S/C24H22N4O5/c1-33-12-11-25-21(29)15-27-14-16(18-9-5-6-10-20(18)27)13-19-22(30)26-24(32)28(23(19)31)17-7-3-2-4-8-17/h2-10,13-14H,11-12,15H2,1H3,(H,25,29)(H,26,30,32)/b19-13+. The topological polar surface area (TPSA) is 110 Å². The van der Waals surface area contributed by atoms with Gasteiger partial charge in [0.05, 0.1) is 12.3 Å². The second-order valence-corrected chi connectivity index (χ2v) is 7.37. The zero-order valence-corrected chi connectivity index (χ0v) is 17.9. The van der Waals surface area contributed by atoms with Crippen molar-refractivity contribution in [3.63, 3.8) is 0 Å². The lowest BCUT2D eigenvalue weighted by Gasteiger charge is -2.26. The Morgan fingerprint density at radius 3 is 2.55 bits per heavy atom. The summed E-state index contributed by atoms with van der Waals surface area (Å²) < 4.78 is 6.69. The predicted octanol–water partition coefficient (Wildman–Crippen LogP) is 2.07. The van der Waals surface area contributed by atoms with E-state index in [1.165, 1.54) is 6.08 Å². The zero-order valence-electron chi connectivity index (χ0n) is 17.9. The molecule has 0 bridgehead atoms. The Hall–Kier alpha value is -4.24. The lowest BCUT2D eigenvalue weighted by Crippen LogP contribution is -2.54. The van der Waals surface area contributed by atoms with E-state index in [1.807, 2.05) is 24.3 Å². The Morgan fingerprint density at radius 2 is 1.79 bits per heavy atom. The first-order valence-electron chi connectivity index (χ1n) is 10.3. The van der Waals surface area contributed by atoms with Crippen LogP contribution in [0.4, 0.5) is 10.5 Å². The summed E-state index contributed by atoms with van der Waals surface area (Å²) in [4.78, 5) is 51.2. The van der Waals surface area contributed by atoms with Crippen molar-refractivity contribution in [1.82, 2.24) is 15.2 Å². The Kier molecular flexibility index (Phi) is 6.32. The van der Waals surface area contributed by atoms with Gasteiger partial charge in [-0.15, -0.1) is 0 Å². The van der Waals surface area contributed by atoms with Crippen LogP contribution in [0.2, 0.25) is 0 Å². The first-order chi connectivity index (χ1) is 16.0. The van der Waals surface area contributed by atoms with Gasteiger partial charge >= 0.3 is 6.03 Å². The number of urea groups is 1. The number of fused-ring (bicyclic) bond motifs is 1. The molecule has 1 fully saturated rings. The fourth-order valence-corrected chi connectivity index (χ4v) is 3.65. The molecule has 33 heavy (non-hydrogen) atoms. The number of carbonyl (C=O) groups excluding carboxylic acids is 4. The van der Waals surface area contributed by atoms with Gasteiger partial charge in [-0.3, -0.25) is 19.7 Å². The van der Waals surface area contributed by atoms with E-state index in [0.717, 1.165) is 15.8 Å². The molecule has 2 heterocycles. The number of benzene rings is 2. The number of para-hydroxylation sites is 2. The first kappa shape index (κ1) is 22.0. The average Bonchev–Trinajstić information content (AvgIpc) is 3.14. The molecule has 0 saturated carbocycles. The Balaban J connectivity index is 1.69. The molecule has 5 amide bonds. The molecule has 168 valence electrons. The molecule has 4 rings (SSSR count). The van der Waals surface area contributed by atoms with Crippen LogP contribution in [-0.2, 0) is 25.7 Å². The van der Waals surface area contributed by atoms with Crippen LogP contribution in [0.3, 0.4) is 0 Å². The van der Waals surface area contributed by atoms with Gasteiger partial charge in [0.15, 0.2) is 0 Å². The Labute approximate surface area is 189 Å². The summed E-state index contributed by atoms with van der Waals surface area (Å²) in [6.45, 7) is 0.856. The van der Waals surface area contributed by atoms with Crippen LogP contribution in [-0.4, -0.2) is 48.6 Å². The number of anilines is 1. The number of nitrogens with zero attached hydrogens (tertiary/aromatic N) is 2. The smallest absolute Gasteiger partial charge is 0.335 e. The van der Waals surface area contributed by atoms with Gasteiger partial charge < -0.3 is 14.6 Å². The number of rotatable bonds is 7. The van der Waals surface area contributed by atoms with Gasteiger partial charge in [-0.2, -0.15) is 0 Å². The van der Waals surface area contributed by atoms with Gasteiger partial charge in [0.1, 0.15) is 12.1 Å². The molecular formula is C24H22N4O5. The van der Waals surface area contributed by atoms with Gasteiger partial charge in [-0.05, 0) is 24.3 Å². The van der Waals surface area contributed by atoms with E-state index in [1.54, 1.807) is 48.2 Å². The van der Waals surface area contributed by atoms with Crippen LogP contribution >= 0.6 is 0 Å². The summed E-state index contributed by atoms with van der Waals surface area (Å²) in [7, 11) is 1.56. The lowest BCUT2D eigenvalue weighted by molar-refractivity contribution is -0.123. The van der Waals surface area contributed by atoms with E-state index in [0.29, 0.717) is 24.4 Å². The molecule has 1 aromatic heterocycles. The molecule has 2 aromatic carbocycles. The number of nitrogens with one attached hydrogen (secondary N) is 2. The molecule has 0 spiro atoms. The second kappa shape index (κ2) is 9.49. The van der Waals surface area contributed by atoms with Crippen molar-refractivity contribution in [2.45, 2.75) is 6.54 Å². The molecule has 9 nitrogen and oxygen atoms in total. The Morgan fingerprint density at radius 1 is 1.06 bits per heavy atom. The fourth-order valence-electron chi connectivity index (χ4n) is 3.65. The Bertz CT molecular complexity index is 1260. The largest absolute Gasteiger partial charge is 0.383 e. The van der Waals surface area contributed by atoms with Crippen LogP contribution in [0.15, 0.2) is 66.4 Å². The minimum absolute atomic E-state index is 0.0577. The van der Waals surface area contributed by atoms with Crippen molar-refractivity contribution < 1.29 is 23.9 Å². The van der Waals surface area contributed by atoms with E-state index in [9.17, 15) is 19.2 Å². The van der Waals surface area contributed by atoms with Crippen LogP contribution in [0.1, 0.15) is 5.56 Å². The molecule has 2 N–H and O–H groups in total. The molecule has 0 unspecified atom stereocenters. The van der Waals surface area contributed by atoms with Crippen molar-refractivity contribution >= 4 is 46.4 Å². The number of amides is 5. The monoisotopic (exact) mass is 446 g/mol. The first-order valence-corrected chi connectivity index (χ1v) is 10.3. The van der Waals surface area contributed by atoms with Crippen molar-refractivity contribution in [1.29, 1.82) is 0 Å². The summed E-state index contributed by atoms with van der Waals surface area (Å²) in [5, 5.41) is 5.75. The molecule has 0 atom stereocenters. The van der Waals surface area contributed by atoms with E-state index in [2.05, 4.69) is 10.6 Å². The number of imide groups is 2. The summed E-state index contributed by atoms with van der Waals surface area (Å²) in [5.74, 6) is -1.69. The number of methoxy groups -OCH3 is 1. The molecule has 1 saturated heterocycles. The maximum atomic E-state index is 13.1. The maximum absolute atomic E-state index is 13.1. The van der Waals surface area contributed by atoms with Gasteiger partial charge in [-0.1, -0.05) is 36.4 Å². The quantitative estimate of drug-likeness (QED) is 0.328. The fraction of sp³-hybridized carbons (Fsp3) is 0.167. The third kappa shape index (κ3) is 4.53. The highest BCUT2D eigenvalue weighted by Crippen LogP contribution is 2.26. The van der Waals surface area contributed by atoms with E-state index < -0.39 is 17.8 Å². The molecule has 0 radical (unpaired) electrons. The number of hydrogen-bond acceptors (Lipinski definition) is 5. The van der Waals surface area contributed by atoms with Gasteiger partial charge in [0, 0.05) is 36.3 Å². The highest BCUT2D eigenvalue weighted by atomic mass is 16.5. The summed E-state index contributed by atoms with van der Waals surface area (Å²) in [6.07, 6.45) is 3.15.